The molecule has 0 aliphatic heterocycles. The van der Waals surface area contributed by atoms with Gasteiger partial charge in [0.25, 0.3) is 12.3 Å². The quantitative estimate of drug-likeness (QED) is 0.855. The predicted molar refractivity (Wildman–Crippen MR) is 74.2 cm³/mol. The summed E-state index contributed by atoms with van der Waals surface area (Å²) in [4.78, 5) is 16.8. The van der Waals surface area contributed by atoms with E-state index < -0.39 is 18.9 Å². The van der Waals surface area contributed by atoms with E-state index in [4.69, 9.17) is 0 Å². The molecule has 4 nitrogen and oxygen atoms in total. The molecule has 7 heteroatoms. The summed E-state index contributed by atoms with van der Waals surface area (Å²) >= 11 is 3.33. The molecule has 0 radical (unpaired) electrons. The molecule has 106 valence electrons. The molecular weight excluding hydrogens is 332 g/mol. The van der Waals surface area contributed by atoms with Crippen molar-refractivity contribution in [3.63, 3.8) is 0 Å². The van der Waals surface area contributed by atoms with Gasteiger partial charge in [-0.3, -0.25) is 4.79 Å². The first-order valence-electron chi connectivity index (χ1n) is 5.81. The molecule has 2 rings (SSSR count). The van der Waals surface area contributed by atoms with Crippen molar-refractivity contribution in [2.24, 2.45) is 0 Å². The van der Waals surface area contributed by atoms with Crippen molar-refractivity contribution in [3.05, 3.63) is 47.0 Å². The molecule has 0 aliphatic rings. The second-order valence-electron chi connectivity index (χ2n) is 4.22. The van der Waals surface area contributed by atoms with Crippen LogP contribution in [0.3, 0.4) is 0 Å². The Bertz CT molecular complexity index is 598. The fraction of sp³-hybridized carbons (Fsp3) is 0.231. The molecule has 0 unspecified atom stereocenters. The monoisotopic (exact) mass is 343 g/mol. The summed E-state index contributed by atoms with van der Waals surface area (Å²) in [7, 11) is 1.33. The van der Waals surface area contributed by atoms with Crippen LogP contribution in [0.1, 0.15) is 10.5 Å². The first-order valence-corrected chi connectivity index (χ1v) is 6.60. The van der Waals surface area contributed by atoms with Crippen molar-refractivity contribution >= 4 is 21.8 Å². The Balaban J connectivity index is 2.16. The Morgan fingerprint density at radius 1 is 1.40 bits per heavy atom. The van der Waals surface area contributed by atoms with Gasteiger partial charge < -0.3 is 9.47 Å². The van der Waals surface area contributed by atoms with E-state index in [1.54, 1.807) is 4.57 Å². The number of hydrogen-bond acceptors (Lipinski definition) is 2. The van der Waals surface area contributed by atoms with Crippen LogP contribution in [0, 0.1) is 0 Å². The lowest BCUT2D eigenvalue weighted by atomic mass is 10.3. The molecule has 0 saturated heterocycles. The molecule has 20 heavy (non-hydrogen) atoms. The molecule has 0 fully saturated rings. The zero-order valence-electron chi connectivity index (χ0n) is 10.6. The summed E-state index contributed by atoms with van der Waals surface area (Å²) in [6.07, 6.45) is 0.442. The summed E-state index contributed by atoms with van der Waals surface area (Å²) in [6.45, 7) is -0.607. The molecule has 1 aromatic heterocycles. The zero-order valence-corrected chi connectivity index (χ0v) is 12.2. The topological polar surface area (TPSA) is 38.1 Å². The van der Waals surface area contributed by atoms with Crippen molar-refractivity contribution in [3.8, 4) is 5.69 Å². The van der Waals surface area contributed by atoms with E-state index in [2.05, 4.69) is 20.9 Å². The smallest absolute Gasteiger partial charge is 0.273 e. The number of carbonyl (C=O) groups excluding carboxylic acids is 1. The fourth-order valence-electron chi connectivity index (χ4n) is 1.67. The lowest BCUT2D eigenvalue weighted by molar-refractivity contribution is 0.0615. The van der Waals surface area contributed by atoms with Crippen molar-refractivity contribution in [2.45, 2.75) is 6.43 Å². The molecular formula is C13H12BrF2N3O. The first-order chi connectivity index (χ1) is 9.47. The maximum absolute atomic E-state index is 12.2. The zero-order chi connectivity index (χ0) is 14.7. The van der Waals surface area contributed by atoms with Gasteiger partial charge in [0.1, 0.15) is 12.0 Å². The minimum Gasteiger partial charge on any atom is -0.335 e. The number of alkyl halides is 2. The third kappa shape index (κ3) is 3.41. The van der Waals surface area contributed by atoms with Gasteiger partial charge in [-0.25, -0.2) is 13.8 Å². The first kappa shape index (κ1) is 14.6. The number of halogens is 3. The van der Waals surface area contributed by atoms with Gasteiger partial charge in [0.2, 0.25) is 0 Å². The van der Waals surface area contributed by atoms with Crippen LogP contribution < -0.4 is 0 Å². The van der Waals surface area contributed by atoms with E-state index >= 15 is 0 Å². The van der Waals surface area contributed by atoms with Crippen LogP contribution in [-0.2, 0) is 0 Å². The van der Waals surface area contributed by atoms with E-state index in [0.29, 0.717) is 0 Å². The number of amides is 1. The van der Waals surface area contributed by atoms with Gasteiger partial charge in [-0.05, 0) is 24.3 Å². The van der Waals surface area contributed by atoms with Crippen LogP contribution >= 0.6 is 15.9 Å². The SMILES string of the molecule is CN(CC(F)F)C(=O)c1cn(-c2ccc(Br)cc2)cn1. The highest BCUT2D eigenvalue weighted by Gasteiger charge is 2.18. The molecule has 1 amide bonds. The Labute approximate surface area is 123 Å². The van der Waals surface area contributed by atoms with Crippen LogP contribution in [-0.4, -0.2) is 40.4 Å². The van der Waals surface area contributed by atoms with Crippen molar-refractivity contribution in [2.75, 3.05) is 13.6 Å². The second-order valence-corrected chi connectivity index (χ2v) is 5.14. The Morgan fingerprint density at radius 2 is 2.05 bits per heavy atom. The minimum absolute atomic E-state index is 0.135. The lowest BCUT2D eigenvalue weighted by Gasteiger charge is -2.14. The summed E-state index contributed by atoms with van der Waals surface area (Å²) in [5, 5.41) is 0. The molecule has 0 aliphatic carbocycles. The van der Waals surface area contributed by atoms with Gasteiger partial charge in [-0.1, -0.05) is 15.9 Å². The third-order valence-electron chi connectivity index (χ3n) is 2.69. The second kappa shape index (κ2) is 6.13. The average molecular weight is 344 g/mol. The maximum Gasteiger partial charge on any atom is 0.273 e. The number of carbonyl (C=O) groups is 1. The van der Waals surface area contributed by atoms with E-state index in [1.807, 2.05) is 24.3 Å². The Kier molecular flexibility index (Phi) is 4.49. The van der Waals surface area contributed by atoms with Crippen molar-refractivity contribution < 1.29 is 13.6 Å². The van der Waals surface area contributed by atoms with E-state index in [-0.39, 0.29) is 5.69 Å². The third-order valence-corrected chi connectivity index (χ3v) is 3.21. The number of nitrogens with zero attached hydrogens (tertiary/aromatic N) is 3. The van der Waals surface area contributed by atoms with E-state index in [0.717, 1.165) is 15.1 Å². The van der Waals surface area contributed by atoms with Crippen LogP contribution in [0.25, 0.3) is 5.69 Å². The Hall–Kier alpha value is -1.76. The van der Waals surface area contributed by atoms with Crippen LogP contribution in [0.5, 0.6) is 0 Å². The summed E-state index contributed by atoms with van der Waals surface area (Å²) in [6, 6.07) is 7.42. The predicted octanol–water partition coefficient (Wildman–Crippen LogP) is 2.97. The van der Waals surface area contributed by atoms with Crippen molar-refractivity contribution in [1.82, 2.24) is 14.5 Å². The minimum atomic E-state index is -2.56. The molecule has 1 heterocycles. The molecule has 0 atom stereocenters. The van der Waals surface area contributed by atoms with E-state index in [9.17, 15) is 13.6 Å². The van der Waals surface area contributed by atoms with Crippen LogP contribution in [0.2, 0.25) is 0 Å². The fourth-order valence-corrected chi connectivity index (χ4v) is 1.94. The highest BCUT2D eigenvalue weighted by Crippen LogP contribution is 2.15. The molecule has 2 aromatic rings. The largest absolute Gasteiger partial charge is 0.335 e. The Morgan fingerprint density at radius 3 is 2.65 bits per heavy atom. The number of aromatic nitrogens is 2. The van der Waals surface area contributed by atoms with Gasteiger partial charge in [0, 0.05) is 23.4 Å². The summed E-state index contributed by atoms with van der Waals surface area (Å²) < 4.78 is 27.1. The summed E-state index contributed by atoms with van der Waals surface area (Å²) in [5.41, 5.74) is 0.965. The van der Waals surface area contributed by atoms with Gasteiger partial charge in [0.15, 0.2) is 0 Å². The number of rotatable bonds is 4. The van der Waals surface area contributed by atoms with Gasteiger partial charge in [-0.2, -0.15) is 0 Å². The molecule has 0 spiro atoms. The lowest BCUT2D eigenvalue weighted by Crippen LogP contribution is -2.31. The highest BCUT2D eigenvalue weighted by atomic mass is 79.9. The van der Waals surface area contributed by atoms with Gasteiger partial charge in [-0.15, -0.1) is 0 Å². The molecule has 1 aromatic carbocycles. The number of benzene rings is 1. The van der Waals surface area contributed by atoms with Gasteiger partial charge >= 0.3 is 0 Å². The molecule has 0 N–H and O–H groups in total. The van der Waals surface area contributed by atoms with Crippen LogP contribution in [0.4, 0.5) is 8.78 Å². The molecule has 0 saturated carbocycles. The molecule has 0 bridgehead atoms. The number of imidazole rings is 1. The summed E-state index contributed by atoms with van der Waals surface area (Å²) in [5.74, 6) is -0.527. The van der Waals surface area contributed by atoms with E-state index in [1.165, 1.54) is 19.6 Å². The standard InChI is InChI=1S/C13H12BrF2N3O/c1-18(7-12(15)16)13(20)11-6-19(8-17-11)10-4-2-9(14)3-5-10/h2-6,8,12H,7H2,1H3. The van der Waals surface area contributed by atoms with Crippen LogP contribution in [0.15, 0.2) is 41.3 Å². The average Bonchev–Trinajstić information content (AvgIpc) is 2.87. The number of hydrogen-bond donors (Lipinski definition) is 0. The highest BCUT2D eigenvalue weighted by molar-refractivity contribution is 9.10. The van der Waals surface area contributed by atoms with Gasteiger partial charge in [0.05, 0.1) is 6.54 Å². The maximum atomic E-state index is 12.2. The normalized spacial score (nSPS) is 10.8. The van der Waals surface area contributed by atoms with Crippen molar-refractivity contribution in [1.29, 1.82) is 0 Å².